The van der Waals surface area contributed by atoms with Gasteiger partial charge in [0.25, 0.3) is 0 Å². The summed E-state index contributed by atoms with van der Waals surface area (Å²) in [5.74, 6) is 0.538. The number of ether oxygens (including phenoxy) is 1. The number of benzene rings is 1. The third-order valence-electron chi connectivity index (χ3n) is 3.34. The molecular formula is C16H20N2O3. The maximum absolute atomic E-state index is 11.9. The van der Waals surface area contributed by atoms with Gasteiger partial charge in [-0.05, 0) is 37.1 Å². The van der Waals surface area contributed by atoms with Crippen LogP contribution in [-0.2, 0) is 9.59 Å². The molecule has 1 aromatic carbocycles. The lowest BCUT2D eigenvalue weighted by molar-refractivity contribution is -0.124. The van der Waals surface area contributed by atoms with Crippen molar-refractivity contribution in [3.63, 3.8) is 0 Å². The van der Waals surface area contributed by atoms with Crippen LogP contribution in [0.2, 0.25) is 0 Å². The van der Waals surface area contributed by atoms with Crippen LogP contribution in [0.4, 0.5) is 0 Å². The average Bonchev–Trinajstić information content (AvgIpc) is 2.44. The van der Waals surface area contributed by atoms with E-state index < -0.39 is 0 Å². The molecule has 2 amide bonds. The molecule has 5 nitrogen and oxygen atoms in total. The topological polar surface area (TPSA) is 67.4 Å². The van der Waals surface area contributed by atoms with E-state index in [9.17, 15) is 9.59 Å². The van der Waals surface area contributed by atoms with Crippen molar-refractivity contribution >= 4 is 17.9 Å². The van der Waals surface area contributed by atoms with Gasteiger partial charge in [-0.15, -0.1) is 0 Å². The summed E-state index contributed by atoms with van der Waals surface area (Å²) in [4.78, 5) is 23.3. The fourth-order valence-corrected chi connectivity index (χ4v) is 2.40. The SMILES string of the molecule is COc1cccc(C=CC(=O)NC2CC(=O)NC(C)C2)c1. The molecule has 2 N–H and O–H groups in total. The minimum atomic E-state index is -0.190. The molecule has 1 heterocycles. The summed E-state index contributed by atoms with van der Waals surface area (Å²) in [6.45, 7) is 1.93. The molecule has 21 heavy (non-hydrogen) atoms. The first-order chi connectivity index (χ1) is 10.1. The molecule has 5 heteroatoms. The summed E-state index contributed by atoms with van der Waals surface area (Å²) in [6.07, 6.45) is 4.30. The van der Waals surface area contributed by atoms with E-state index in [0.29, 0.717) is 6.42 Å². The van der Waals surface area contributed by atoms with Gasteiger partial charge in [-0.25, -0.2) is 0 Å². The predicted octanol–water partition coefficient (Wildman–Crippen LogP) is 1.49. The van der Waals surface area contributed by atoms with Crippen LogP contribution in [0, 0.1) is 0 Å². The molecule has 1 aromatic rings. The average molecular weight is 288 g/mol. The van der Waals surface area contributed by atoms with Crippen LogP contribution in [0.15, 0.2) is 30.3 Å². The second kappa shape index (κ2) is 6.92. The summed E-state index contributed by atoms with van der Waals surface area (Å²) < 4.78 is 5.13. The molecule has 0 bridgehead atoms. The van der Waals surface area contributed by atoms with Crippen molar-refractivity contribution in [2.45, 2.75) is 31.8 Å². The smallest absolute Gasteiger partial charge is 0.244 e. The van der Waals surface area contributed by atoms with E-state index in [1.165, 1.54) is 6.08 Å². The molecule has 2 rings (SSSR count). The summed E-state index contributed by atoms with van der Waals surface area (Å²) in [5.41, 5.74) is 0.888. The summed E-state index contributed by atoms with van der Waals surface area (Å²) >= 11 is 0. The Kier molecular flexibility index (Phi) is 4.98. The Labute approximate surface area is 124 Å². The van der Waals surface area contributed by atoms with Crippen LogP contribution in [0.5, 0.6) is 5.75 Å². The minimum absolute atomic E-state index is 0.0178. The van der Waals surface area contributed by atoms with E-state index in [2.05, 4.69) is 10.6 Å². The number of rotatable bonds is 4. The first-order valence-electron chi connectivity index (χ1n) is 6.99. The highest BCUT2D eigenvalue weighted by molar-refractivity contribution is 5.92. The summed E-state index contributed by atoms with van der Waals surface area (Å²) in [6, 6.07) is 7.45. The fourth-order valence-electron chi connectivity index (χ4n) is 2.40. The van der Waals surface area contributed by atoms with E-state index in [4.69, 9.17) is 4.74 Å². The Morgan fingerprint density at radius 2 is 2.29 bits per heavy atom. The highest BCUT2D eigenvalue weighted by Gasteiger charge is 2.24. The highest BCUT2D eigenvalue weighted by Crippen LogP contribution is 2.14. The Morgan fingerprint density at radius 1 is 1.48 bits per heavy atom. The first-order valence-corrected chi connectivity index (χ1v) is 6.99. The van der Waals surface area contributed by atoms with Gasteiger partial charge < -0.3 is 15.4 Å². The number of carbonyl (C=O) groups excluding carboxylic acids is 2. The zero-order valence-electron chi connectivity index (χ0n) is 12.3. The molecule has 1 aliphatic heterocycles. The summed E-state index contributed by atoms with van der Waals surface area (Å²) in [5, 5.41) is 5.69. The normalized spacial score (nSPS) is 21.9. The maximum atomic E-state index is 11.9. The zero-order valence-corrected chi connectivity index (χ0v) is 12.3. The van der Waals surface area contributed by atoms with Gasteiger partial charge in [0.05, 0.1) is 7.11 Å². The van der Waals surface area contributed by atoms with Crippen molar-refractivity contribution in [3.05, 3.63) is 35.9 Å². The summed E-state index contributed by atoms with van der Waals surface area (Å²) in [7, 11) is 1.60. The van der Waals surface area contributed by atoms with Gasteiger partial charge in [0, 0.05) is 24.6 Å². The van der Waals surface area contributed by atoms with Crippen LogP contribution in [0.25, 0.3) is 6.08 Å². The van der Waals surface area contributed by atoms with Crippen molar-refractivity contribution < 1.29 is 14.3 Å². The molecule has 0 saturated carbocycles. The molecule has 1 saturated heterocycles. The molecule has 2 unspecified atom stereocenters. The van der Waals surface area contributed by atoms with Gasteiger partial charge in [-0.3, -0.25) is 9.59 Å². The molecule has 0 aliphatic carbocycles. The van der Waals surface area contributed by atoms with Gasteiger partial charge in [0.2, 0.25) is 11.8 Å². The molecule has 0 radical (unpaired) electrons. The van der Waals surface area contributed by atoms with E-state index in [1.807, 2.05) is 31.2 Å². The largest absolute Gasteiger partial charge is 0.497 e. The molecule has 0 spiro atoms. The molecular weight excluding hydrogens is 268 g/mol. The van der Waals surface area contributed by atoms with Gasteiger partial charge in [-0.2, -0.15) is 0 Å². The second-order valence-electron chi connectivity index (χ2n) is 5.22. The predicted molar refractivity (Wildman–Crippen MR) is 80.8 cm³/mol. The Balaban J connectivity index is 1.91. The minimum Gasteiger partial charge on any atom is -0.497 e. The van der Waals surface area contributed by atoms with Gasteiger partial charge >= 0.3 is 0 Å². The van der Waals surface area contributed by atoms with Crippen LogP contribution in [-0.4, -0.2) is 31.0 Å². The number of nitrogens with one attached hydrogen (secondary N) is 2. The number of carbonyl (C=O) groups is 2. The van der Waals surface area contributed by atoms with Gasteiger partial charge in [0.15, 0.2) is 0 Å². The first kappa shape index (κ1) is 15.1. The van der Waals surface area contributed by atoms with Gasteiger partial charge in [-0.1, -0.05) is 12.1 Å². The molecule has 0 aromatic heterocycles. The molecule has 1 fully saturated rings. The van der Waals surface area contributed by atoms with E-state index in [-0.39, 0.29) is 23.9 Å². The highest BCUT2D eigenvalue weighted by atomic mass is 16.5. The number of hydrogen-bond donors (Lipinski definition) is 2. The second-order valence-corrected chi connectivity index (χ2v) is 5.22. The lowest BCUT2D eigenvalue weighted by Crippen LogP contribution is -2.49. The van der Waals surface area contributed by atoms with Crippen LogP contribution >= 0.6 is 0 Å². The molecule has 112 valence electrons. The third-order valence-corrected chi connectivity index (χ3v) is 3.34. The lowest BCUT2D eigenvalue weighted by Gasteiger charge is -2.27. The van der Waals surface area contributed by atoms with Crippen molar-refractivity contribution in [2.24, 2.45) is 0 Å². The Hall–Kier alpha value is -2.30. The van der Waals surface area contributed by atoms with Crippen LogP contribution in [0.3, 0.4) is 0 Å². The van der Waals surface area contributed by atoms with Crippen LogP contribution < -0.4 is 15.4 Å². The maximum Gasteiger partial charge on any atom is 0.244 e. The Bertz CT molecular complexity index is 554. The van der Waals surface area contributed by atoms with Crippen LogP contribution in [0.1, 0.15) is 25.3 Å². The van der Waals surface area contributed by atoms with E-state index in [0.717, 1.165) is 17.7 Å². The van der Waals surface area contributed by atoms with E-state index in [1.54, 1.807) is 13.2 Å². The van der Waals surface area contributed by atoms with Crippen molar-refractivity contribution in [1.82, 2.24) is 10.6 Å². The lowest BCUT2D eigenvalue weighted by atomic mass is 10.00. The number of methoxy groups -OCH3 is 1. The number of amides is 2. The Morgan fingerprint density at radius 3 is 3.00 bits per heavy atom. The van der Waals surface area contributed by atoms with Gasteiger partial charge in [0.1, 0.15) is 5.75 Å². The zero-order chi connectivity index (χ0) is 15.2. The number of hydrogen-bond acceptors (Lipinski definition) is 3. The third kappa shape index (κ3) is 4.63. The number of piperidine rings is 1. The van der Waals surface area contributed by atoms with Crippen molar-refractivity contribution in [2.75, 3.05) is 7.11 Å². The quantitative estimate of drug-likeness (QED) is 0.825. The fraction of sp³-hybridized carbons (Fsp3) is 0.375. The molecule has 1 aliphatic rings. The van der Waals surface area contributed by atoms with Crippen molar-refractivity contribution in [3.8, 4) is 5.75 Å². The van der Waals surface area contributed by atoms with E-state index >= 15 is 0 Å². The monoisotopic (exact) mass is 288 g/mol. The standard InChI is InChI=1S/C16H20N2O3/c1-11-8-13(10-16(20)17-11)18-15(19)7-6-12-4-3-5-14(9-12)21-2/h3-7,9,11,13H,8,10H2,1-2H3,(H,17,20)(H,18,19). The van der Waals surface area contributed by atoms with Crippen molar-refractivity contribution in [1.29, 1.82) is 0 Å². The molecule has 2 atom stereocenters.